The lowest BCUT2D eigenvalue weighted by Gasteiger charge is -2.16. The second-order valence-electron chi connectivity index (χ2n) is 4.35. The molecule has 5 nitrogen and oxygen atoms in total. The Morgan fingerprint density at radius 3 is 2.65 bits per heavy atom. The Labute approximate surface area is 124 Å². The van der Waals surface area contributed by atoms with E-state index < -0.39 is 10.1 Å². The van der Waals surface area contributed by atoms with E-state index in [9.17, 15) is 13.2 Å². The number of hydrogen-bond acceptors (Lipinski definition) is 5. The van der Waals surface area contributed by atoms with Crippen molar-refractivity contribution in [2.24, 2.45) is 0 Å². The Balaban J connectivity index is 2.77. The second-order valence-corrected chi connectivity index (χ2v) is 6.43. The van der Waals surface area contributed by atoms with Crippen LogP contribution in [0.3, 0.4) is 0 Å². The highest BCUT2D eigenvalue weighted by Gasteiger charge is 2.18. The molecule has 1 aromatic rings. The van der Waals surface area contributed by atoms with Crippen molar-refractivity contribution < 1.29 is 22.1 Å². The molecule has 0 aliphatic rings. The van der Waals surface area contributed by atoms with Gasteiger partial charge in [-0.25, -0.2) is 0 Å². The van der Waals surface area contributed by atoms with Crippen molar-refractivity contribution in [3.63, 3.8) is 0 Å². The van der Waals surface area contributed by atoms with Gasteiger partial charge in [0.2, 0.25) is 0 Å². The molecule has 112 valence electrons. The third kappa shape index (κ3) is 6.36. The lowest BCUT2D eigenvalue weighted by Crippen LogP contribution is -2.13. The highest BCUT2D eigenvalue weighted by atomic mass is 35.5. The van der Waals surface area contributed by atoms with Crippen LogP contribution in [0.4, 0.5) is 0 Å². The van der Waals surface area contributed by atoms with Gasteiger partial charge in [-0.05, 0) is 30.0 Å². The van der Waals surface area contributed by atoms with Crippen molar-refractivity contribution >= 4 is 27.7 Å². The van der Waals surface area contributed by atoms with Gasteiger partial charge in [0.1, 0.15) is 0 Å². The van der Waals surface area contributed by atoms with Crippen LogP contribution in [0.1, 0.15) is 24.3 Å². The fourth-order valence-electron chi connectivity index (χ4n) is 1.77. The van der Waals surface area contributed by atoms with E-state index in [0.29, 0.717) is 11.4 Å². The molecule has 0 saturated heterocycles. The molecule has 20 heavy (non-hydrogen) atoms. The summed E-state index contributed by atoms with van der Waals surface area (Å²) in [7, 11) is -2.18. The molecular weight excluding hydrogens is 304 g/mol. The van der Waals surface area contributed by atoms with Gasteiger partial charge in [0.15, 0.2) is 0 Å². The molecule has 1 atom stereocenters. The van der Waals surface area contributed by atoms with Crippen LogP contribution in [0.5, 0.6) is 0 Å². The Morgan fingerprint density at radius 2 is 2.10 bits per heavy atom. The van der Waals surface area contributed by atoms with Crippen molar-refractivity contribution in [3.05, 3.63) is 34.9 Å². The third-order valence-electron chi connectivity index (χ3n) is 2.72. The van der Waals surface area contributed by atoms with Gasteiger partial charge in [0.25, 0.3) is 10.1 Å². The van der Waals surface area contributed by atoms with E-state index in [0.717, 1.165) is 11.8 Å². The average Bonchev–Trinajstić information content (AvgIpc) is 2.36. The largest absolute Gasteiger partial charge is 0.469 e. The Hall–Kier alpha value is -1.11. The maximum Gasteiger partial charge on any atom is 0.306 e. The Morgan fingerprint density at radius 1 is 1.40 bits per heavy atom. The van der Waals surface area contributed by atoms with Crippen LogP contribution >= 0.6 is 11.6 Å². The molecule has 1 aromatic carbocycles. The number of carbonyl (C=O) groups is 1. The fourth-order valence-corrected chi connectivity index (χ4v) is 2.37. The molecule has 0 aromatic heterocycles. The van der Waals surface area contributed by atoms with Crippen LogP contribution < -0.4 is 0 Å². The predicted molar refractivity (Wildman–Crippen MR) is 76.2 cm³/mol. The summed E-state index contributed by atoms with van der Waals surface area (Å²) in [5.74, 6) is -0.572. The molecule has 0 N–H and O–H groups in total. The van der Waals surface area contributed by atoms with E-state index >= 15 is 0 Å². The van der Waals surface area contributed by atoms with E-state index in [1.807, 2.05) is 6.07 Å². The lowest BCUT2D eigenvalue weighted by atomic mass is 9.93. The van der Waals surface area contributed by atoms with Gasteiger partial charge in [-0.15, -0.1) is 0 Å². The molecule has 0 aliphatic carbocycles. The molecular formula is C13H17ClO5S. The number of halogens is 1. The Bertz CT molecular complexity index is 556. The molecule has 0 aliphatic heterocycles. The van der Waals surface area contributed by atoms with Crippen molar-refractivity contribution in [2.75, 3.05) is 20.0 Å². The van der Waals surface area contributed by atoms with Crippen LogP contribution in [0.15, 0.2) is 24.3 Å². The van der Waals surface area contributed by atoms with E-state index in [1.54, 1.807) is 18.2 Å². The first-order valence-corrected chi connectivity index (χ1v) is 8.18. The van der Waals surface area contributed by atoms with Crippen molar-refractivity contribution in [3.8, 4) is 0 Å². The van der Waals surface area contributed by atoms with Gasteiger partial charge in [0, 0.05) is 5.02 Å². The van der Waals surface area contributed by atoms with Crippen LogP contribution in [-0.4, -0.2) is 34.4 Å². The van der Waals surface area contributed by atoms with Gasteiger partial charge >= 0.3 is 5.97 Å². The van der Waals surface area contributed by atoms with Crippen molar-refractivity contribution in [2.45, 2.75) is 18.8 Å². The minimum atomic E-state index is -3.49. The standard InChI is InChI=1S/C13H17ClO5S/c1-18-13(15)9-11(6-7-19-20(2,16)17)10-4-3-5-12(14)8-10/h3-5,8,11H,6-7,9H2,1-2H3. The number of benzene rings is 1. The predicted octanol–water partition coefficient (Wildman–Crippen LogP) is 2.35. The normalized spacial score (nSPS) is 12.9. The molecule has 0 heterocycles. The number of ether oxygens (including phenoxy) is 1. The molecule has 0 spiro atoms. The molecule has 0 fully saturated rings. The van der Waals surface area contributed by atoms with Crippen molar-refractivity contribution in [1.29, 1.82) is 0 Å². The first kappa shape index (κ1) is 16.9. The summed E-state index contributed by atoms with van der Waals surface area (Å²) in [6.07, 6.45) is 1.51. The number of methoxy groups -OCH3 is 1. The zero-order valence-electron chi connectivity index (χ0n) is 11.3. The number of hydrogen-bond donors (Lipinski definition) is 0. The number of carbonyl (C=O) groups excluding carboxylic acids is 1. The van der Waals surface area contributed by atoms with E-state index in [2.05, 4.69) is 4.74 Å². The molecule has 1 rings (SSSR count). The summed E-state index contributed by atoms with van der Waals surface area (Å²) in [6, 6.07) is 7.09. The maximum atomic E-state index is 11.4. The van der Waals surface area contributed by atoms with Gasteiger partial charge in [0.05, 0.1) is 26.4 Å². The van der Waals surface area contributed by atoms with Crippen molar-refractivity contribution in [1.82, 2.24) is 0 Å². The fraction of sp³-hybridized carbons (Fsp3) is 0.462. The van der Waals surface area contributed by atoms with E-state index in [-0.39, 0.29) is 24.9 Å². The number of esters is 1. The molecule has 1 unspecified atom stereocenters. The topological polar surface area (TPSA) is 69.7 Å². The minimum Gasteiger partial charge on any atom is -0.469 e. The first-order valence-electron chi connectivity index (χ1n) is 5.98. The number of rotatable bonds is 7. The summed E-state index contributed by atoms with van der Waals surface area (Å²) in [5, 5.41) is 0.557. The molecule has 0 radical (unpaired) electrons. The van der Waals surface area contributed by atoms with Gasteiger partial charge in [-0.2, -0.15) is 8.42 Å². The van der Waals surface area contributed by atoms with Gasteiger partial charge in [-0.3, -0.25) is 8.98 Å². The molecule has 0 saturated carbocycles. The maximum absolute atomic E-state index is 11.4. The highest BCUT2D eigenvalue weighted by molar-refractivity contribution is 7.85. The average molecular weight is 321 g/mol. The zero-order valence-corrected chi connectivity index (χ0v) is 12.9. The van der Waals surface area contributed by atoms with Gasteiger partial charge < -0.3 is 4.74 Å². The zero-order chi connectivity index (χ0) is 15.2. The highest BCUT2D eigenvalue weighted by Crippen LogP contribution is 2.26. The summed E-state index contributed by atoms with van der Waals surface area (Å²) in [4.78, 5) is 11.4. The SMILES string of the molecule is COC(=O)CC(CCOS(C)(=O)=O)c1cccc(Cl)c1. The summed E-state index contributed by atoms with van der Waals surface area (Å²) in [5.41, 5.74) is 0.847. The Kier molecular flexibility index (Phi) is 6.45. The lowest BCUT2D eigenvalue weighted by molar-refractivity contribution is -0.141. The molecule has 7 heteroatoms. The smallest absolute Gasteiger partial charge is 0.306 e. The van der Waals surface area contributed by atoms with Crippen LogP contribution in [0.2, 0.25) is 5.02 Å². The van der Waals surface area contributed by atoms with Crippen LogP contribution in [0.25, 0.3) is 0 Å². The molecule has 0 amide bonds. The monoisotopic (exact) mass is 320 g/mol. The third-order valence-corrected chi connectivity index (χ3v) is 3.55. The van der Waals surface area contributed by atoms with E-state index in [4.69, 9.17) is 15.8 Å². The van der Waals surface area contributed by atoms with Crippen LogP contribution in [0, 0.1) is 0 Å². The minimum absolute atomic E-state index is 0.00695. The summed E-state index contributed by atoms with van der Waals surface area (Å²) in [6.45, 7) is 0.00695. The summed E-state index contributed by atoms with van der Waals surface area (Å²) < 4.78 is 31.3. The molecule has 0 bridgehead atoms. The van der Waals surface area contributed by atoms with Gasteiger partial charge in [-0.1, -0.05) is 23.7 Å². The summed E-state index contributed by atoms with van der Waals surface area (Å²) >= 11 is 5.92. The second kappa shape index (κ2) is 7.61. The quantitative estimate of drug-likeness (QED) is 0.570. The van der Waals surface area contributed by atoms with Crippen LogP contribution in [-0.2, 0) is 23.8 Å². The van der Waals surface area contributed by atoms with E-state index in [1.165, 1.54) is 7.11 Å². The first-order chi connectivity index (χ1) is 9.31.